The molecule has 0 aliphatic carbocycles. The number of anilines is 1. The van der Waals surface area contributed by atoms with Gasteiger partial charge >= 0.3 is 0 Å². The van der Waals surface area contributed by atoms with Crippen LogP contribution >= 0.6 is 0 Å². The number of rotatable bonds is 6. The molecule has 3 N–H and O–H groups in total. The number of fused-ring (bicyclic) bond motifs is 1. The van der Waals surface area contributed by atoms with E-state index in [1.54, 1.807) is 0 Å². The molecule has 0 fully saturated rings. The molecule has 212 valence electrons. The molecule has 7 rings (SSSR count). The molecule has 0 saturated heterocycles. The van der Waals surface area contributed by atoms with E-state index in [0.717, 1.165) is 61.9 Å². The average molecular weight is 569 g/mol. The average Bonchev–Trinajstić information content (AvgIpc) is 3.09. The number of nitrogen functional groups attached to an aromatic ring is 1. The van der Waals surface area contributed by atoms with Crippen LogP contribution in [0.1, 0.15) is 35.3 Å². The van der Waals surface area contributed by atoms with Crippen LogP contribution in [-0.4, -0.2) is 11.7 Å². The van der Waals surface area contributed by atoms with Crippen LogP contribution < -0.4 is 11.1 Å². The van der Waals surface area contributed by atoms with Gasteiger partial charge in [0.15, 0.2) is 6.17 Å². The molecule has 1 aliphatic rings. The first-order chi connectivity index (χ1) is 21.7. The minimum absolute atomic E-state index is 0.334. The molecule has 1 heterocycles. The Labute approximate surface area is 258 Å². The third-order valence-corrected chi connectivity index (χ3v) is 8.04. The largest absolute Gasteiger partial charge is 0.398 e. The number of aliphatic imine (C=N–C) groups is 2. The summed E-state index contributed by atoms with van der Waals surface area (Å²) in [4.78, 5) is 10.0. The van der Waals surface area contributed by atoms with Gasteiger partial charge in [-0.3, -0.25) is 0 Å². The molecule has 0 spiro atoms. The molecule has 6 aromatic rings. The lowest BCUT2D eigenvalue weighted by Gasteiger charge is -2.22. The minimum Gasteiger partial charge on any atom is -0.398 e. The number of nitrogens with zero attached hydrogens (tertiary/aromatic N) is 2. The highest BCUT2D eigenvalue weighted by Gasteiger charge is 2.21. The van der Waals surface area contributed by atoms with E-state index < -0.39 is 0 Å². The maximum absolute atomic E-state index is 6.75. The van der Waals surface area contributed by atoms with Gasteiger partial charge in [-0.05, 0) is 45.5 Å². The van der Waals surface area contributed by atoms with Crippen LogP contribution in [-0.2, 0) is 0 Å². The number of allylic oxidation sites excluding steroid dienone is 1. The number of nitrogens with one attached hydrogen (secondary N) is 1. The molecule has 6 aromatic carbocycles. The van der Waals surface area contributed by atoms with Crippen LogP contribution in [0, 0.1) is 0 Å². The second-order valence-corrected chi connectivity index (χ2v) is 10.8. The molecule has 0 aromatic heterocycles. The molecule has 44 heavy (non-hydrogen) atoms. The molecule has 0 amide bonds. The van der Waals surface area contributed by atoms with Crippen LogP contribution in [0.25, 0.3) is 39.1 Å². The van der Waals surface area contributed by atoms with Crippen molar-refractivity contribution >= 4 is 34.2 Å². The maximum Gasteiger partial charge on any atom is 0.169 e. The molecule has 1 unspecified atom stereocenters. The molecule has 0 saturated carbocycles. The molecule has 0 radical (unpaired) electrons. The number of hydrogen-bond acceptors (Lipinski definition) is 4. The summed E-state index contributed by atoms with van der Waals surface area (Å²) in [5, 5.41) is 5.89. The number of hydrogen-bond donors (Lipinski definition) is 2. The van der Waals surface area contributed by atoms with Crippen LogP contribution in [0.3, 0.4) is 0 Å². The van der Waals surface area contributed by atoms with Crippen LogP contribution in [0.15, 0.2) is 156 Å². The fourth-order valence-corrected chi connectivity index (χ4v) is 5.86. The minimum atomic E-state index is -0.334. The van der Waals surface area contributed by atoms with E-state index in [1.165, 1.54) is 10.8 Å². The summed E-state index contributed by atoms with van der Waals surface area (Å²) in [7, 11) is 0. The summed E-state index contributed by atoms with van der Waals surface area (Å²) in [6.07, 6.45) is 3.75. The van der Waals surface area contributed by atoms with Gasteiger partial charge in [-0.2, -0.15) is 0 Å². The maximum atomic E-state index is 6.75. The Balaban J connectivity index is 1.33. The molecular formula is C40H32N4. The van der Waals surface area contributed by atoms with Crippen LogP contribution in [0.2, 0.25) is 0 Å². The van der Waals surface area contributed by atoms with Crippen molar-refractivity contribution in [2.45, 2.75) is 13.1 Å². The summed E-state index contributed by atoms with van der Waals surface area (Å²) in [5.41, 5.74) is 16.0. The Morgan fingerprint density at radius 3 is 1.95 bits per heavy atom. The molecular weight excluding hydrogens is 536 g/mol. The second kappa shape index (κ2) is 11.9. The van der Waals surface area contributed by atoms with Crippen molar-refractivity contribution in [1.82, 2.24) is 5.32 Å². The first-order valence-corrected chi connectivity index (χ1v) is 14.9. The highest BCUT2D eigenvalue weighted by molar-refractivity contribution is 6.16. The van der Waals surface area contributed by atoms with Crippen molar-refractivity contribution in [3.8, 4) is 22.3 Å². The van der Waals surface area contributed by atoms with Gasteiger partial charge in [-0.15, -0.1) is 0 Å². The topological polar surface area (TPSA) is 62.8 Å². The zero-order chi connectivity index (χ0) is 29.9. The summed E-state index contributed by atoms with van der Waals surface area (Å²) in [6.45, 7) is 2.01. The van der Waals surface area contributed by atoms with Gasteiger partial charge in [0.1, 0.15) is 11.7 Å². The molecule has 0 bridgehead atoms. The van der Waals surface area contributed by atoms with Crippen molar-refractivity contribution < 1.29 is 0 Å². The summed E-state index contributed by atoms with van der Waals surface area (Å²) < 4.78 is 0. The van der Waals surface area contributed by atoms with Gasteiger partial charge in [-0.25, -0.2) is 9.98 Å². The summed E-state index contributed by atoms with van der Waals surface area (Å²) in [6, 6.07) is 48.2. The van der Waals surface area contributed by atoms with Gasteiger partial charge in [0.25, 0.3) is 0 Å². The van der Waals surface area contributed by atoms with Crippen molar-refractivity contribution in [3.63, 3.8) is 0 Å². The first kappa shape index (κ1) is 27.1. The number of para-hydroxylation sites is 1. The van der Waals surface area contributed by atoms with Gasteiger partial charge in [0, 0.05) is 22.4 Å². The van der Waals surface area contributed by atoms with Crippen LogP contribution in [0.5, 0.6) is 0 Å². The Hall–Kier alpha value is -5.74. The van der Waals surface area contributed by atoms with Crippen molar-refractivity contribution in [2.24, 2.45) is 9.98 Å². The fourth-order valence-electron chi connectivity index (χ4n) is 5.86. The smallest absolute Gasteiger partial charge is 0.169 e. The van der Waals surface area contributed by atoms with E-state index in [-0.39, 0.29) is 6.17 Å². The third kappa shape index (κ3) is 5.18. The lowest BCUT2D eigenvalue weighted by molar-refractivity contribution is 0.756. The standard InChI is InChI=1S/C40H32N4/c1-2-12-29-18-11-20-35(37(29)41)34-26-25-27-13-9-10-19-33(27)36(34)28-21-23-32(24-22-28)40-43-38(30-14-5-3-6-15-30)42-39(44-40)31-16-7-4-8-17-31/h2-26,38H,41H2,1H3,(H,42,43,44)/b12-2-. The zero-order valence-corrected chi connectivity index (χ0v) is 24.5. The molecule has 4 heteroatoms. The van der Waals surface area contributed by atoms with E-state index in [4.69, 9.17) is 15.7 Å². The zero-order valence-electron chi connectivity index (χ0n) is 24.5. The van der Waals surface area contributed by atoms with E-state index in [0.29, 0.717) is 0 Å². The van der Waals surface area contributed by atoms with Gasteiger partial charge < -0.3 is 11.1 Å². The molecule has 4 nitrogen and oxygen atoms in total. The highest BCUT2D eigenvalue weighted by atomic mass is 15.2. The molecule has 1 atom stereocenters. The van der Waals surface area contributed by atoms with E-state index in [1.807, 2.05) is 49.4 Å². The summed E-state index contributed by atoms with van der Waals surface area (Å²) in [5.74, 6) is 1.60. The highest BCUT2D eigenvalue weighted by Crippen LogP contribution is 2.41. The first-order valence-electron chi connectivity index (χ1n) is 14.9. The lowest BCUT2D eigenvalue weighted by Crippen LogP contribution is -2.36. The number of nitrogens with two attached hydrogens (primary N) is 1. The van der Waals surface area contributed by atoms with Gasteiger partial charge in [0.05, 0.1) is 0 Å². The Kier molecular flexibility index (Phi) is 7.31. The van der Waals surface area contributed by atoms with Crippen molar-refractivity contribution in [2.75, 3.05) is 5.73 Å². The van der Waals surface area contributed by atoms with Crippen molar-refractivity contribution in [3.05, 3.63) is 168 Å². The van der Waals surface area contributed by atoms with Crippen LogP contribution in [0.4, 0.5) is 5.69 Å². The Bertz CT molecular complexity index is 2040. The van der Waals surface area contributed by atoms with E-state index in [2.05, 4.69) is 115 Å². The van der Waals surface area contributed by atoms with Gasteiger partial charge in [0.2, 0.25) is 0 Å². The van der Waals surface area contributed by atoms with Crippen molar-refractivity contribution in [1.29, 1.82) is 0 Å². The van der Waals surface area contributed by atoms with Gasteiger partial charge in [-0.1, -0.05) is 152 Å². The van der Waals surface area contributed by atoms with E-state index in [9.17, 15) is 0 Å². The quantitative estimate of drug-likeness (QED) is 0.197. The SMILES string of the molecule is C/C=C\c1cccc(-c2ccc3ccccc3c2-c2ccc(C3=NC(c4ccccc4)N=C(c4ccccc4)N3)cc2)c1N. The predicted molar refractivity (Wildman–Crippen MR) is 186 cm³/mol. The molecule has 1 aliphatic heterocycles. The Morgan fingerprint density at radius 2 is 1.23 bits per heavy atom. The number of amidine groups is 2. The fraction of sp³-hybridized carbons (Fsp3) is 0.0500. The summed E-state index contributed by atoms with van der Waals surface area (Å²) >= 11 is 0. The van der Waals surface area contributed by atoms with E-state index >= 15 is 0 Å². The third-order valence-electron chi connectivity index (χ3n) is 8.04. The number of benzene rings is 6. The Morgan fingerprint density at radius 1 is 0.591 bits per heavy atom. The lowest BCUT2D eigenvalue weighted by atomic mass is 9.88. The second-order valence-electron chi connectivity index (χ2n) is 10.8. The predicted octanol–water partition coefficient (Wildman–Crippen LogP) is 9.28. The normalized spacial score (nSPS) is 14.7. The monoisotopic (exact) mass is 568 g/mol.